The molecule has 1 amide bonds. The number of fused-ring (bicyclic) bond motifs is 1. The molecular formula is C24H27NO5. The van der Waals surface area contributed by atoms with Gasteiger partial charge in [0.05, 0.1) is 0 Å². The van der Waals surface area contributed by atoms with Gasteiger partial charge in [-0.05, 0) is 40.7 Å². The first kappa shape index (κ1) is 21.4. The first-order valence-electron chi connectivity index (χ1n) is 9.96. The third-order valence-electron chi connectivity index (χ3n) is 4.84. The summed E-state index contributed by atoms with van der Waals surface area (Å²) in [5.74, 6) is 0.00851. The Kier molecular flexibility index (Phi) is 6.45. The van der Waals surface area contributed by atoms with Crippen LogP contribution in [0.3, 0.4) is 0 Å². The standard InChI is InChI=1S/C24H27NO5/c1-24(2,3)18-7-4-16(5-8-18)17(6-11-23(27)28)14-22(26)25-19-9-10-20-21(15-19)30-13-12-29-20/h4-5,7-10,14-15H,6,11-13H2,1-3H3,(H,25,26)(H,27,28)/b17-14+. The molecule has 3 rings (SSSR count). The zero-order chi connectivity index (χ0) is 21.7. The molecule has 6 nitrogen and oxygen atoms in total. The van der Waals surface area contributed by atoms with Crippen LogP contribution in [-0.4, -0.2) is 30.2 Å². The maximum atomic E-state index is 12.6. The second-order valence-electron chi connectivity index (χ2n) is 8.24. The average Bonchev–Trinajstić information content (AvgIpc) is 2.70. The lowest BCUT2D eigenvalue weighted by molar-refractivity contribution is -0.136. The Bertz CT molecular complexity index is 955. The van der Waals surface area contributed by atoms with Crippen LogP contribution in [0.5, 0.6) is 11.5 Å². The summed E-state index contributed by atoms with van der Waals surface area (Å²) in [5.41, 5.74) is 3.28. The molecule has 2 N–H and O–H groups in total. The van der Waals surface area contributed by atoms with E-state index in [0.717, 1.165) is 5.56 Å². The Labute approximate surface area is 176 Å². The van der Waals surface area contributed by atoms with E-state index in [1.165, 1.54) is 11.6 Å². The van der Waals surface area contributed by atoms with Crippen molar-refractivity contribution in [2.24, 2.45) is 0 Å². The van der Waals surface area contributed by atoms with E-state index in [-0.39, 0.29) is 24.2 Å². The Balaban J connectivity index is 1.80. The van der Waals surface area contributed by atoms with Gasteiger partial charge in [-0.25, -0.2) is 0 Å². The molecule has 0 fully saturated rings. The minimum absolute atomic E-state index is 0.0130. The fourth-order valence-corrected chi connectivity index (χ4v) is 3.18. The van der Waals surface area contributed by atoms with E-state index in [1.807, 2.05) is 24.3 Å². The van der Waals surface area contributed by atoms with Crippen molar-refractivity contribution >= 4 is 23.1 Å². The predicted molar refractivity (Wildman–Crippen MR) is 116 cm³/mol. The van der Waals surface area contributed by atoms with Crippen molar-refractivity contribution in [2.45, 2.75) is 39.0 Å². The number of carboxylic acids is 1. The summed E-state index contributed by atoms with van der Waals surface area (Å²) in [5, 5.41) is 11.9. The van der Waals surface area contributed by atoms with Crippen molar-refractivity contribution in [2.75, 3.05) is 18.5 Å². The van der Waals surface area contributed by atoms with Crippen molar-refractivity contribution in [3.8, 4) is 11.5 Å². The highest BCUT2D eigenvalue weighted by Crippen LogP contribution is 2.33. The smallest absolute Gasteiger partial charge is 0.303 e. The lowest BCUT2D eigenvalue weighted by Gasteiger charge is -2.19. The molecule has 0 saturated carbocycles. The van der Waals surface area contributed by atoms with Gasteiger partial charge in [0, 0.05) is 24.3 Å². The maximum Gasteiger partial charge on any atom is 0.303 e. The van der Waals surface area contributed by atoms with E-state index in [4.69, 9.17) is 14.6 Å². The predicted octanol–water partition coefficient (Wildman–Crippen LogP) is 4.64. The van der Waals surface area contributed by atoms with Crippen molar-refractivity contribution < 1.29 is 24.2 Å². The fourth-order valence-electron chi connectivity index (χ4n) is 3.18. The number of hydrogen-bond acceptors (Lipinski definition) is 4. The van der Waals surface area contributed by atoms with Gasteiger partial charge in [0.15, 0.2) is 11.5 Å². The molecule has 1 heterocycles. The van der Waals surface area contributed by atoms with Crippen LogP contribution in [0.2, 0.25) is 0 Å². The number of carbonyl (C=O) groups is 2. The molecule has 2 aromatic rings. The fraction of sp³-hybridized carbons (Fsp3) is 0.333. The number of hydrogen-bond donors (Lipinski definition) is 2. The molecule has 1 aliphatic rings. The van der Waals surface area contributed by atoms with Crippen LogP contribution >= 0.6 is 0 Å². The number of amides is 1. The van der Waals surface area contributed by atoms with Crippen molar-refractivity contribution in [3.63, 3.8) is 0 Å². The summed E-state index contributed by atoms with van der Waals surface area (Å²) in [6.45, 7) is 7.36. The summed E-state index contributed by atoms with van der Waals surface area (Å²) in [6.07, 6.45) is 1.68. The number of allylic oxidation sites excluding steroid dienone is 1. The largest absolute Gasteiger partial charge is 0.486 e. The molecule has 0 radical (unpaired) electrons. The number of carboxylic acid groups (broad SMARTS) is 1. The molecule has 1 aliphatic heterocycles. The van der Waals surface area contributed by atoms with Crippen LogP contribution in [0, 0.1) is 0 Å². The molecule has 158 valence electrons. The van der Waals surface area contributed by atoms with Gasteiger partial charge in [0.1, 0.15) is 13.2 Å². The number of rotatable bonds is 6. The Hall–Kier alpha value is -3.28. The maximum absolute atomic E-state index is 12.6. The van der Waals surface area contributed by atoms with Crippen molar-refractivity contribution in [3.05, 3.63) is 59.7 Å². The van der Waals surface area contributed by atoms with E-state index in [1.54, 1.807) is 18.2 Å². The molecule has 6 heteroatoms. The number of aliphatic carboxylic acids is 1. The summed E-state index contributed by atoms with van der Waals surface area (Å²) < 4.78 is 11.0. The monoisotopic (exact) mass is 409 g/mol. The van der Waals surface area contributed by atoms with Gasteiger partial charge in [-0.1, -0.05) is 45.0 Å². The number of anilines is 1. The summed E-state index contributed by atoms with van der Waals surface area (Å²) >= 11 is 0. The van der Waals surface area contributed by atoms with E-state index in [9.17, 15) is 9.59 Å². The van der Waals surface area contributed by atoms with Gasteiger partial charge in [-0.3, -0.25) is 9.59 Å². The topological polar surface area (TPSA) is 84.9 Å². The number of nitrogens with one attached hydrogen (secondary N) is 1. The zero-order valence-electron chi connectivity index (χ0n) is 17.5. The molecule has 0 aliphatic carbocycles. The molecule has 0 aromatic heterocycles. The molecule has 0 atom stereocenters. The summed E-state index contributed by atoms with van der Waals surface area (Å²) in [7, 11) is 0. The normalized spacial score (nSPS) is 13.6. The molecule has 0 unspecified atom stereocenters. The minimum atomic E-state index is -0.903. The molecule has 0 bridgehead atoms. The van der Waals surface area contributed by atoms with Crippen molar-refractivity contribution in [1.29, 1.82) is 0 Å². The van der Waals surface area contributed by atoms with E-state index in [2.05, 4.69) is 26.1 Å². The summed E-state index contributed by atoms with van der Waals surface area (Å²) in [4.78, 5) is 23.7. The van der Waals surface area contributed by atoms with E-state index < -0.39 is 5.97 Å². The SMILES string of the molecule is CC(C)(C)c1ccc(/C(=C/C(=O)Nc2ccc3c(c2)OCCO3)CCC(=O)O)cc1. The number of carbonyl (C=O) groups excluding carboxylic acids is 1. The molecule has 0 saturated heterocycles. The highest BCUT2D eigenvalue weighted by atomic mass is 16.6. The van der Waals surface area contributed by atoms with Crippen LogP contribution < -0.4 is 14.8 Å². The third-order valence-corrected chi connectivity index (χ3v) is 4.84. The second kappa shape index (κ2) is 9.03. The van der Waals surface area contributed by atoms with E-state index in [0.29, 0.717) is 36.0 Å². The van der Waals surface area contributed by atoms with Crippen LogP contribution in [0.15, 0.2) is 48.5 Å². The summed E-state index contributed by atoms with van der Waals surface area (Å²) in [6, 6.07) is 13.1. The van der Waals surface area contributed by atoms with Crippen LogP contribution in [-0.2, 0) is 15.0 Å². The molecule has 0 spiro atoms. The minimum Gasteiger partial charge on any atom is -0.486 e. The van der Waals surface area contributed by atoms with Gasteiger partial charge < -0.3 is 19.9 Å². The lowest BCUT2D eigenvalue weighted by Crippen LogP contribution is -2.16. The van der Waals surface area contributed by atoms with Gasteiger partial charge in [0.25, 0.3) is 0 Å². The first-order chi connectivity index (χ1) is 14.2. The zero-order valence-corrected chi connectivity index (χ0v) is 17.5. The van der Waals surface area contributed by atoms with Gasteiger partial charge in [0.2, 0.25) is 5.91 Å². The van der Waals surface area contributed by atoms with Gasteiger partial charge in [-0.2, -0.15) is 0 Å². The third kappa shape index (κ3) is 5.63. The second-order valence-corrected chi connectivity index (χ2v) is 8.24. The number of ether oxygens (including phenoxy) is 2. The lowest BCUT2D eigenvalue weighted by atomic mass is 9.86. The Morgan fingerprint density at radius 3 is 2.30 bits per heavy atom. The number of benzene rings is 2. The highest BCUT2D eigenvalue weighted by Gasteiger charge is 2.15. The first-order valence-corrected chi connectivity index (χ1v) is 9.96. The Morgan fingerprint density at radius 1 is 1.00 bits per heavy atom. The van der Waals surface area contributed by atoms with Crippen LogP contribution in [0.25, 0.3) is 5.57 Å². The van der Waals surface area contributed by atoms with Crippen molar-refractivity contribution in [1.82, 2.24) is 0 Å². The van der Waals surface area contributed by atoms with Gasteiger partial charge in [-0.15, -0.1) is 0 Å². The molecular weight excluding hydrogens is 382 g/mol. The molecule has 2 aromatic carbocycles. The average molecular weight is 409 g/mol. The quantitative estimate of drug-likeness (QED) is 0.679. The highest BCUT2D eigenvalue weighted by molar-refractivity contribution is 6.04. The van der Waals surface area contributed by atoms with Crippen LogP contribution in [0.4, 0.5) is 5.69 Å². The van der Waals surface area contributed by atoms with E-state index >= 15 is 0 Å². The van der Waals surface area contributed by atoms with Crippen LogP contribution in [0.1, 0.15) is 44.7 Å². The Morgan fingerprint density at radius 2 is 1.67 bits per heavy atom. The molecule has 30 heavy (non-hydrogen) atoms. The van der Waals surface area contributed by atoms with Gasteiger partial charge >= 0.3 is 5.97 Å².